The molecule has 1 amide bonds. The number of unbranched alkanes of at least 4 members (excludes halogenated alkanes) is 35. The van der Waals surface area contributed by atoms with Crippen molar-refractivity contribution < 1.29 is 32.9 Å². The minimum absolute atomic E-state index is 0.00426. The predicted octanol–water partition coefficient (Wildman–Crippen LogP) is 15.4. The molecule has 0 radical (unpaired) electrons. The van der Waals surface area contributed by atoms with Crippen molar-refractivity contribution in [2.24, 2.45) is 0 Å². The average molecular weight is 911 g/mol. The molecule has 9 heteroatoms. The molecule has 0 aliphatic rings. The molecular weight excluding hydrogens is 804 g/mol. The van der Waals surface area contributed by atoms with Crippen LogP contribution >= 0.6 is 7.82 Å². The summed E-state index contributed by atoms with van der Waals surface area (Å²) < 4.78 is 23.2. The smallest absolute Gasteiger partial charge is 0.268 e. The molecule has 3 atom stereocenters. The van der Waals surface area contributed by atoms with Gasteiger partial charge >= 0.3 is 0 Å². The van der Waals surface area contributed by atoms with Crippen LogP contribution < -0.4 is 10.2 Å². The third-order valence-corrected chi connectivity index (χ3v) is 13.4. The summed E-state index contributed by atoms with van der Waals surface area (Å²) in [6.45, 7) is 4.62. The van der Waals surface area contributed by atoms with Crippen LogP contribution in [0.5, 0.6) is 0 Å². The zero-order chi connectivity index (χ0) is 46.4. The number of amides is 1. The molecule has 374 valence electrons. The molecule has 0 rings (SSSR count). The number of likely N-dealkylation sites (N-methyl/N-ethyl adjacent to an activating group) is 1. The summed E-state index contributed by atoms with van der Waals surface area (Å²) in [5.41, 5.74) is 0. The number of quaternary nitrogens is 1. The first-order valence-electron chi connectivity index (χ1n) is 27.2. The van der Waals surface area contributed by atoms with E-state index < -0.39 is 20.0 Å². The van der Waals surface area contributed by atoms with Crippen LogP contribution in [0.4, 0.5) is 0 Å². The topological polar surface area (TPSA) is 108 Å². The summed E-state index contributed by atoms with van der Waals surface area (Å²) >= 11 is 0. The molecule has 8 nitrogen and oxygen atoms in total. The second-order valence-corrected chi connectivity index (χ2v) is 21.3. The Morgan fingerprint density at radius 2 is 0.889 bits per heavy atom. The fourth-order valence-electron chi connectivity index (χ4n) is 8.11. The van der Waals surface area contributed by atoms with Gasteiger partial charge in [-0.3, -0.25) is 9.36 Å². The van der Waals surface area contributed by atoms with Crippen molar-refractivity contribution in [3.05, 3.63) is 24.3 Å². The number of allylic oxidation sites excluding steroid dienone is 3. The lowest BCUT2D eigenvalue weighted by Gasteiger charge is -2.29. The van der Waals surface area contributed by atoms with Gasteiger partial charge in [0.05, 0.1) is 39.9 Å². The van der Waals surface area contributed by atoms with E-state index in [4.69, 9.17) is 9.05 Å². The summed E-state index contributed by atoms with van der Waals surface area (Å²) in [6.07, 6.45) is 57.0. The number of rotatable bonds is 50. The third-order valence-electron chi connectivity index (χ3n) is 12.4. The van der Waals surface area contributed by atoms with Crippen molar-refractivity contribution in [1.29, 1.82) is 0 Å². The molecule has 63 heavy (non-hydrogen) atoms. The first-order chi connectivity index (χ1) is 30.5. The molecule has 0 aliphatic carbocycles. The Morgan fingerprint density at radius 3 is 1.29 bits per heavy atom. The summed E-state index contributed by atoms with van der Waals surface area (Å²) in [6, 6.07) is -0.898. The van der Waals surface area contributed by atoms with Gasteiger partial charge in [0.15, 0.2) is 0 Å². The van der Waals surface area contributed by atoms with Crippen LogP contribution in [0.25, 0.3) is 0 Å². The van der Waals surface area contributed by atoms with Crippen LogP contribution in [-0.2, 0) is 18.4 Å². The van der Waals surface area contributed by atoms with E-state index in [2.05, 4.69) is 31.3 Å². The Hall–Kier alpha value is -1.02. The van der Waals surface area contributed by atoms with Gasteiger partial charge in [-0.2, -0.15) is 0 Å². The normalized spacial score (nSPS) is 14.2. The van der Waals surface area contributed by atoms with E-state index >= 15 is 0 Å². The van der Waals surface area contributed by atoms with Gasteiger partial charge in [-0.05, 0) is 32.1 Å². The Morgan fingerprint density at radius 1 is 0.540 bits per heavy atom. The van der Waals surface area contributed by atoms with Crippen molar-refractivity contribution >= 4 is 13.7 Å². The molecule has 0 heterocycles. The monoisotopic (exact) mass is 911 g/mol. The lowest BCUT2D eigenvalue weighted by Crippen LogP contribution is -2.45. The van der Waals surface area contributed by atoms with Gasteiger partial charge in [0.25, 0.3) is 7.82 Å². The molecule has 3 unspecified atom stereocenters. The van der Waals surface area contributed by atoms with Crippen LogP contribution in [0.3, 0.4) is 0 Å². The second kappa shape index (κ2) is 46.1. The van der Waals surface area contributed by atoms with Gasteiger partial charge in [0.2, 0.25) is 5.91 Å². The lowest BCUT2D eigenvalue weighted by atomic mass is 10.0. The van der Waals surface area contributed by atoms with E-state index in [-0.39, 0.29) is 19.1 Å². The summed E-state index contributed by atoms with van der Waals surface area (Å²) in [5.74, 6) is -0.204. The molecular formula is C54H107N2O6P. The van der Waals surface area contributed by atoms with Gasteiger partial charge in [-0.25, -0.2) is 0 Å². The Labute approximate surface area is 392 Å². The number of nitrogens with one attached hydrogen (secondary N) is 1. The van der Waals surface area contributed by atoms with Gasteiger partial charge in [-0.1, -0.05) is 250 Å². The highest BCUT2D eigenvalue weighted by molar-refractivity contribution is 7.45. The van der Waals surface area contributed by atoms with E-state index in [9.17, 15) is 19.4 Å². The van der Waals surface area contributed by atoms with Crippen LogP contribution in [0, 0.1) is 0 Å². The predicted molar refractivity (Wildman–Crippen MR) is 270 cm³/mol. The Kier molecular flexibility index (Phi) is 45.4. The second-order valence-electron chi connectivity index (χ2n) is 19.9. The quantitative estimate of drug-likeness (QED) is 0.0272. The number of phosphoric ester groups is 1. The Balaban J connectivity index is 4.00. The molecule has 0 saturated carbocycles. The number of carbonyl (C=O) groups excluding carboxylic acids is 1. The molecule has 2 N–H and O–H groups in total. The maximum absolute atomic E-state index is 12.9. The van der Waals surface area contributed by atoms with Crippen LogP contribution in [0.2, 0.25) is 0 Å². The third kappa shape index (κ3) is 48.7. The fourth-order valence-corrected chi connectivity index (χ4v) is 8.84. The number of nitrogens with zero attached hydrogens (tertiary/aromatic N) is 1. The standard InChI is InChI=1S/C54H107N2O6P/c1-6-8-10-12-14-16-18-19-20-21-22-23-24-25-26-27-28-29-30-31-32-33-34-35-36-38-40-42-44-46-48-54(58)55-52(51-62-63(59,60)61-50-49-56(3,4)5)53(57)47-45-43-41-39-37-17-15-13-11-9-7-2/h37,39,45,47,52-53,57H,6-36,38,40-44,46,48-51H2,1-5H3,(H-,55,58,59,60)/b39-37+,47-45+. The molecule has 0 aromatic rings. The summed E-state index contributed by atoms with van der Waals surface area (Å²) in [5, 5.41) is 13.8. The lowest BCUT2D eigenvalue weighted by molar-refractivity contribution is -0.870. The average Bonchev–Trinajstić information content (AvgIpc) is 3.24. The number of phosphoric acid groups is 1. The van der Waals surface area contributed by atoms with Crippen LogP contribution in [0.1, 0.15) is 264 Å². The highest BCUT2D eigenvalue weighted by atomic mass is 31.2. The summed E-state index contributed by atoms with van der Waals surface area (Å²) in [7, 11) is 1.25. The first kappa shape index (κ1) is 62.0. The highest BCUT2D eigenvalue weighted by Crippen LogP contribution is 2.38. The van der Waals surface area contributed by atoms with Crippen molar-refractivity contribution in [2.45, 2.75) is 276 Å². The molecule has 0 saturated heterocycles. The number of carbonyl (C=O) groups is 1. The minimum atomic E-state index is -4.59. The molecule has 0 aromatic heterocycles. The SMILES string of the molecule is CCCCCCC/C=C/CC/C=C/C(O)C(COP(=O)([O-])OCC[N+](C)(C)C)NC(=O)CCCCCCCCCCCCCCCCCCCCCCCCCCCCCCCC. The van der Waals surface area contributed by atoms with Gasteiger partial charge < -0.3 is 28.8 Å². The molecule has 0 fully saturated rings. The molecule has 0 spiro atoms. The maximum atomic E-state index is 12.9. The van der Waals surface area contributed by atoms with Crippen molar-refractivity contribution in [3.63, 3.8) is 0 Å². The first-order valence-corrected chi connectivity index (χ1v) is 28.7. The molecule has 0 bridgehead atoms. The molecule has 0 aliphatic heterocycles. The van der Waals surface area contributed by atoms with E-state index in [1.54, 1.807) is 6.08 Å². The number of aliphatic hydroxyl groups is 1. The van der Waals surface area contributed by atoms with Gasteiger partial charge in [-0.15, -0.1) is 0 Å². The highest BCUT2D eigenvalue weighted by Gasteiger charge is 2.23. The largest absolute Gasteiger partial charge is 0.756 e. The van der Waals surface area contributed by atoms with Crippen LogP contribution in [-0.4, -0.2) is 68.5 Å². The maximum Gasteiger partial charge on any atom is 0.268 e. The van der Waals surface area contributed by atoms with Crippen molar-refractivity contribution in [2.75, 3.05) is 40.9 Å². The van der Waals surface area contributed by atoms with Crippen molar-refractivity contribution in [1.82, 2.24) is 5.32 Å². The zero-order valence-corrected chi connectivity index (χ0v) is 43.4. The zero-order valence-electron chi connectivity index (χ0n) is 42.5. The number of aliphatic hydroxyl groups excluding tert-OH is 1. The van der Waals surface area contributed by atoms with Gasteiger partial charge in [0.1, 0.15) is 13.2 Å². The Bertz CT molecular complexity index is 1080. The number of hydrogen-bond donors (Lipinski definition) is 2. The van der Waals surface area contributed by atoms with Gasteiger partial charge in [0, 0.05) is 6.42 Å². The fraction of sp³-hybridized carbons (Fsp3) is 0.907. The minimum Gasteiger partial charge on any atom is -0.756 e. The molecule has 0 aromatic carbocycles. The van der Waals surface area contributed by atoms with E-state index in [0.29, 0.717) is 17.4 Å². The van der Waals surface area contributed by atoms with E-state index in [1.165, 1.54) is 205 Å². The van der Waals surface area contributed by atoms with E-state index in [1.807, 2.05) is 27.2 Å². The summed E-state index contributed by atoms with van der Waals surface area (Å²) in [4.78, 5) is 25.3. The van der Waals surface area contributed by atoms with Crippen molar-refractivity contribution in [3.8, 4) is 0 Å². The van der Waals surface area contributed by atoms with Crippen LogP contribution in [0.15, 0.2) is 24.3 Å². The number of hydrogen-bond acceptors (Lipinski definition) is 6. The van der Waals surface area contributed by atoms with E-state index in [0.717, 1.165) is 38.5 Å².